The quantitative estimate of drug-likeness (QED) is 0.425. The Labute approximate surface area is 156 Å². The fourth-order valence-corrected chi connectivity index (χ4v) is 2.81. The lowest BCUT2D eigenvalue weighted by Crippen LogP contribution is -2.43. The minimum absolute atomic E-state index is 0. The van der Waals surface area contributed by atoms with Gasteiger partial charge >= 0.3 is 0 Å². The van der Waals surface area contributed by atoms with Crippen LogP contribution in [0.3, 0.4) is 0 Å². The second-order valence-corrected chi connectivity index (χ2v) is 5.59. The average molecular weight is 433 g/mol. The highest BCUT2D eigenvalue weighted by Gasteiger charge is 2.14. The van der Waals surface area contributed by atoms with Crippen molar-refractivity contribution in [2.45, 2.75) is 44.7 Å². The van der Waals surface area contributed by atoms with Crippen molar-refractivity contribution in [3.05, 3.63) is 23.8 Å². The van der Waals surface area contributed by atoms with Crippen molar-refractivity contribution >= 4 is 29.9 Å². The molecule has 0 bridgehead atoms. The molecule has 0 aromatic heterocycles. The van der Waals surface area contributed by atoms with Crippen LogP contribution in [0.15, 0.2) is 23.2 Å². The highest BCUT2D eigenvalue weighted by Crippen LogP contribution is 2.27. The van der Waals surface area contributed by atoms with Gasteiger partial charge in [-0.25, -0.2) is 0 Å². The zero-order valence-electron chi connectivity index (χ0n) is 14.2. The highest BCUT2D eigenvalue weighted by molar-refractivity contribution is 14.0. The van der Waals surface area contributed by atoms with Crippen molar-refractivity contribution < 1.29 is 9.47 Å². The summed E-state index contributed by atoms with van der Waals surface area (Å²) in [5, 5.41) is 6.87. The maximum atomic E-state index is 5.33. The summed E-state index contributed by atoms with van der Waals surface area (Å²) in [4.78, 5) is 4.31. The molecule has 1 saturated carbocycles. The molecule has 0 amide bonds. The topological polar surface area (TPSA) is 54.9 Å². The third-order valence-electron chi connectivity index (χ3n) is 4.08. The lowest BCUT2D eigenvalue weighted by atomic mass is 9.96. The van der Waals surface area contributed by atoms with Gasteiger partial charge in [0.25, 0.3) is 0 Å². The summed E-state index contributed by atoms with van der Waals surface area (Å²) in [6.45, 7) is 0.701. The number of aliphatic imine (C=N–C) groups is 1. The summed E-state index contributed by atoms with van der Waals surface area (Å²) < 4.78 is 10.6. The van der Waals surface area contributed by atoms with E-state index in [2.05, 4.69) is 15.6 Å². The molecule has 0 spiro atoms. The number of guanidine groups is 1. The van der Waals surface area contributed by atoms with Gasteiger partial charge in [-0.1, -0.05) is 25.3 Å². The van der Waals surface area contributed by atoms with Crippen molar-refractivity contribution in [2.75, 3.05) is 21.3 Å². The molecule has 6 heteroatoms. The summed E-state index contributed by atoms with van der Waals surface area (Å²) in [5.74, 6) is 2.36. The van der Waals surface area contributed by atoms with Crippen LogP contribution in [0.4, 0.5) is 0 Å². The minimum atomic E-state index is 0. The number of rotatable bonds is 5. The average Bonchev–Trinajstić information content (AvgIpc) is 2.59. The number of nitrogens with one attached hydrogen (secondary N) is 2. The van der Waals surface area contributed by atoms with Gasteiger partial charge in [-0.15, -0.1) is 24.0 Å². The van der Waals surface area contributed by atoms with Gasteiger partial charge < -0.3 is 20.1 Å². The standard InChI is InChI=1S/C17H27N3O2.HI/c1-18-17(20-14-7-5-4-6-8-14)19-12-13-9-10-15(21-2)16(11-13)22-3;/h9-11,14H,4-8,12H2,1-3H3,(H2,18,19,20);1H. The van der Waals surface area contributed by atoms with E-state index in [0.29, 0.717) is 12.6 Å². The summed E-state index contributed by atoms with van der Waals surface area (Å²) in [6.07, 6.45) is 6.44. The van der Waals surface area contributed by atoms with E-state index in [4.69, 9.17) is 9.47 Å². The van der Waals surface area contributed by atoms with E-state index in [-0.39, 0.29) is 24.0 Å². The Kier molecular flexibility index (Phi) is 9.13. The normalized spacial score (nSPS) is 15.5. The molecule has 5 nitrogen and oxygen atoms in total. The first-order valence-corrected chi connectivity index (χ1v) is 7.95. The predicted octanol–water partition coefficient (Wildman–Crippen LogP) is 3.32. The third-order valence-corrected chi connectivity index (χ3v) is 4.08. The number of halogens is 1. The zero-order chi connectivity index (χ0) is 15.8. The molecule has 1 aliphatic carbocycles. The number of hydrogen-bond acceptors (Lipinski definition) is 3. The monoisotopic (exact) mass is 433 g/mol. The van der Waals surface area contributed by atoms with Gasteiger partial charge in [-0.2, -0.15) is 0 Å². The van der Waals surface area contributed by atoms with Crippen LogP contribution < -0.4 is 20.1 Å². The third kappa shape index (κ3) is 6.08. The van der Waals surface area contributed by atoms with Gasteiger partial charge in [-0.05, 0) is 30.5 Å². The molecular formula is C17H28IN3O2. The lowest BCUT2D eigenvalue weighted by molar-refractivity contribution is 0.354. The van der Waals surface area contributed by atoms with E-state index < -0.39 is 0 Å². The maximum absolute atomic E-state index is 5.33. The summed E-state index contributed by atoms with van der Waals surface area (Å²) in [7, 11) is 5.11. The Morgan fingerprint density at radius 2 is 1.83 bits per heavy atom. The van der Waals surface area contributed by atoms with Gasteiger partial charge in [0.05, 0.1) is 14.2 Å². The fourth-order valence-electron chi connectivity index (χ4n) is 2.81. The molecule has 0 aliphatic heterocycles. The Bertz CT molecular complexity index is 503. The number of ether oxygens (including phenoxy) is 2. The molecule has 130 valence electrons. The van der Waals surface area contributed by atoms with Gasteiger partial charge in [0.1, 0.15) is 0 Å². The second kappa shape index (κ2) is 10.6. The van der Waals surface area contributed by atoms with E-state index in [1.165, 1.54) is 32.1 Å². The molecule has 0 saturated heterocycles. The van der Waals surface area contributed by atoms with Crippen LogP contribution in [-0.4, -0.2) is 33.3 Å². The Balaban J connectivity index is 0.00000264. The fraction of sp³-hybridized carbons (Fsp3) is 0.588. The zero-order valence-corrected chi connectivity index (χ0v) is 16.6. The van der Waals surface area contributed by atoms with Gasteiger partial charge in [0.15, 0.2) is 17.5 Å². The first kappa shape index (κ1) is 19.9. The van der Waals surface area contributed by atoms with E-state index in [1.807, 2.05) is 25.2 Å². The summed E-state index contributed by atoms with van der Waals surface area (Å²) >= 11 is 0. The number of methoxy groups -OCH3 is 2. The molecule has 1 fully saturated rings. The van der Waals surface area contributed by atoms with Crippen molar-refractivity contribution in [1.82, 2.24) is 10.6 Å². The largest absolute Gasteiger partial charge is 0.493 e. The molecule has 0 atom stereocenters. The van der Waals surface area contributed by atoms with Crippen LogP contribution >= 0.6 is 24.0 Å². The van der Waals surface area contributed by atoms with E-state index in [1.54, 1.807) is 14.2 Å². The molecule has 0 unspecified atom stereocenters. The predicted molar refractivity (Wildman–Crippen MR) is 105 cm³/mol. The van der Waals surface area contributed by atoms with Crippen molar-refractivity contribution in [3.63, 3.8) is 0 Å². The van der Waals surface area contributed by atoms with Crippen molar-refractivity contribution in [3.8, 4) is 11.5 Å². The Morgan fingerprint density at radius 3 is 2.43 bits per heavy atom. The second-order valence-electron chi connectivity index (χ2n) is 5.59. The molecule has 0 radical (unpaired) electrons. The van der Waals surface area contributed by atoms with Crippen LogP contribution in [0.1, 0.15) is 37.7 Å². The van der Waals surface area contributed by atoms with Gasteiger partial charge in [0.2, 0.25) is 0 Å². The van der Waals surface area contributed by atoms with Crippen LogP contribution in [0.2, 0.25) is 0 Å². The van der Waals surface area contributed by atoms with Crippen LogP contribution in [0.5, 0.6) is 11.5 Å². The molecule has 1 aromatic rings. The molecular weight excluding hydrogens is 405 g/mol. The van der Waals surface area contributed by atoms with E-state index in [0.717, 1.165) is 23.0 Å². The number of nitrogens with zero attached hydrogens (tertiary/aromatic N) is 1. The van der Waals surface area contributed by atoms with Gasteiger partial charge in [-0.3, -0.25) is 4.99 Å². The van der Waals surface area contributed by atoms with Crippen LogP contribution in [0, 0.1) is 0 Å². The number of hydrogen-bond donors (Lipinski definition) is 2. The number of benzene rings is 1. The SMILES string of the molecule is CN=C(NCc1ccc(OC)c(OC)c1)NC1CCCCC1.I. The molecule has 1 aromatic carbocycles. The van der Waals surface area contributed by atoms with Gasteiger partial charge in [0, 0.05) is 19.6 Å². The Morgan fingerprint density at radius 1 is 1.13 bits per heavy atom. The van der Waals surface area contributed by atoms with E-state index >= 15 is 0 Å². The first-order valence-electron chi connectivity index (χ1n) is 7.95. The van der Waals surface area contributed by atoms with Crippen molar-refractivity contribution in [1.29, 1.82) is 0 Å². The smallest absolute Gasteiger partial charge is 0.191 e. The minimum Gasteiger partial charge on any atom is -0.493 e. The Hall–Kier alpha value is -1.18. The van der Waals surface area contributed by atoms with Crippen LogP contribution in [-0.2, 0) is 6.54 Å². The van der Waals surface area contributed by atoms with E-state index in [9.17, 15) is 0 Å². The highest BCUT2D eigenvalue weighted by atomic mass is 127. The molecule has 23 heavy (non-hydrogen) atoms. The lowest BCUT2D eigenvalue weighted by Gasteiger charge is -2.25. The molecule has 1 aliphatic rings. The first-order chi connectivity index (χ1) is 10.8. The molecule has 0 heterocycles. The van der Waals surface area contributed by atoms with Crippen molar-refractivity contribution in [2.24, 2.45) is 4.99 Å². The summed E-state index contributed by atoms with van der Waals surface area (Å²) in [5.41, 5.74) is 1.13. The summed E-state index contributed by atoms with van der Waals surface area (Å²) in [6, 6.07) is 6.49. The molecule has 2 N–H and O–H groups in total. The maximum Gasteiger partial charge on any atom is 0.191 e. The molecule has 2 rings (SSSR count). The van der Waals surface area contributed by atoms with Crippen LogP contribution in [0.25, 0.3) is 0 Å².